The molecule has 0 radical (unpaired) electrons. The van der Waals surface area contributed by atoms with Crippen molar-refractivity contribution >= 4 is 38.6 Å². The smallest absolute Gasteiger partial charge is 0.433 e. The zero-order chi connectivity index (χ0) is 21.8. The van der Waals surface area contributed by atoms with Crippen molar-refractivity contribution in [3.63, 3.8) is 0 Å². The Morgan fingerprint density at radius 1 is 1.19 bits per heavy atom. The molecule has 1 aliphatic rings. The first-order chi connectivity index (χ1) is 14.8. The van der Waals surface area contributed by atoms with E-state index in [1.165, 1.54) is 6.07 Å². The number of amides is 1. The first-order valence-electron chi connectivity index (χ1n) is 9.93. The van der Waals surface area contributed by atoms with Crippen molar-refractivity contribution in [1.29, 1.82) is 0 Å². The van der Waals surface area contributed by atoms with Crippen molar-refractivity contribution < 1.29 is 22.4 Å². The van der Waals surface area contributed by atoms with Crippen LogP contribution in [0.15, 0.2) is 40.8 Å². The van der Waals surface area contributed by atoms with E-state index in [4.69, 9.17) is 4.42 Å². The van der Waals surface area contributed by atoms with Crippen molar-refractivity contribution in [2.45, 2.75) is 31.9 Å². The van der Waals surface area contributed by atoms with Gasteiger partial charge in [0.05, 0.1) is 10.8 Å². The Balaban J connectivity index is 1.42. The van der Waals surface area contributed by atoms with Crippen molar-refractivity contribution in [3.05, 3.63) is 58.4 Å². The van der Waals surface area contributed by atoms with Gasteiger partial charge in [0, 0.05) is 18.5 Å². The van der Waals surface area contributed by atoms with Crippen LogP contribution in [0.4, 0.5) is 13.2 Å². The van der Waals surface area contributed by atoms with E-state index >= 15 is 0 Å². The number of piperidine rings is 1. The lowest BCUT2D eigenvalue weighted by Gasteiger charge is -2.31. The highest BCUT2D eigenvalue weighted by Crippen LogP contribution is 2.36. The fraction of sp³-hybridized carbons (Fsp3) is 0.318. The molecule has 0 aliphatic carbocycles. The molecule has 1 aromatic carbocycles. The fourth-order valence-electron chi connectivity index (χ4n) is 4.03. The highest BCUT2D eigenvalue weighted by atomic mass is 32.1. The molecule has 160 valence electrons. The van der Waals surface area contributed by atoms with E-state index in [0.717, 1.165) is 35.8 Å². The summed E-state index contributed by atoms with van der Waals surface area (Å²) in [6.45, 7) is 2.80. The number of rotatable bonds is 2. The second kappa shape index (κ2) is 7.33. The van der Waals surface area contributed by atoms with Crippen LogP contribution in [0.1, 0.15) is 45.6 Å². The number of fused-ring (bicyclic) bond motifs is 2. The zero-order valence-corrected chi connectivity index (χ0v) is 17.4. The average molecular weight is 445 g/mol. The Morgan fingerprint density at radius 3 is 2.77 bits per heavy atom. The Hall–Kier alpha value is -2.94. The van der Waals surface area contributed by atoms with Crippen LogP contribution in [0, 0.1) is 6.92 Å². The standard InChI is InChI=1S/C22H18F3N3O2S/c1-12-14-8-9-17(22(23,24)25)27-20(14)31-18(12)21(29)28-10-4-5-13(11-28)19-26-15-6-2-3-7-16(15)30-19/h2-3,6-9,13H,4-5,10-11H2,1H3. The van der Waals surface area contributed by atoms with E-state index in [1.54, 1.807) is 11.8 Å². The van der Waals surface area contributed by atoms with Gasteiger partial charge in [-0.05, 0) is 49.6 Å². The molecule has 5 rings (SSSR count). The molecular weight excluding hydrogens is 427 g/mol. The van der Waals surface area contributed by atoms with E-state index in [9.17, 15) is 18.0 Å². The summed E-state index contributed by atoms with van der Waals surface area (Å²) < 4.78 is 44.9. The minimum atomic E-state index is -4.52. The average Bonchev–Trinajstić information content (AvgIpc) is 3.34. The number of carbonyl (C=O) groups is 1. The van der Waals surface area contributed by atoms with Crippen molar-refractivity contribution in [2.75, 3.05) is 13.1 Å². The third-order valence-electron chi connectivity index (χ3n) is 5.66. The van der Waals surface area contributed by atoms with Crippen LogP contribution >= 0.6 is 11.3 Å². The summed E-state index contributed by atoms with van der Waals surface area (Å²) in [5.74, 6) is 0.410. The van der Waals surface area contributed by atoms with Gasteiger partial charge in [0.15, 0.2) is 11.5 Å². The molecular formula is C22H18F3N3O2S. The molecule has 4 heterocycles. The second-order valence-corrected chi connectivity index (χ2v) is 8.71. The number of alkyl halides is 3. The molecule has 1 aliphatic heterocycles. The number of hydrogen-bond acceptors (Lipinski definition) is 5. The molecule has 0 spiro atoms. The number of nitrogens with zero attached hydrogens (tertiary/aromatic N) is 3. The normalized spacial score (nSPS) is 17.5. The minimum Gasteiger partial charge on any atom is -0.440 e. The molecule has 3 aromatic heterocycles. The zero-order valence-electron chi connectivity index (χ0n) is 16.6. The second-order valence-electron chi connectivity index (χ2n) is 7.71. The molecule has 1 atom stereocenters. The van der Waals surface area contributed by atoms with Gasteiger partial charge in [0.1, 0.15) is 16.0 Å². The van der Waals surface area contributed by atoms with Crippen molar-refractivity contribution in [2.24, 2.45) is 0 Å². The lowest BCUT2D eigenvalue weighted by Crippen LogP contribution is -2.39. The van der Waals surface area contributed by atoms with Crippen LogP contribution in [-0.4, -0.2) is 33.9 Å². The van der Waals surface area contributed by atoms with Crippen LogP contribution in [0.3, 0.4) is 0 Å². The topological polar surface area (TPSA) is 59.2 Å². The largest absolute Gasteiger partial charge is 0.440 e. The third kappa shape index (κ3) is 3.56. The SMILES string of the molecule is Cc1c(C(=O)N2CCCC(c3nc4ccccc4o3)C2)sc2nc(C(F)(F)F)ccc12. The number of aryl methyl sites for hydroxylation is 1. The molecule has 1 amide bonds. The molecule has 1 fully saturated rings. The number of carbonyl (C=O) groups excluding carboxylic acids is 1. The summed E-state index contributed by atoms with van der Waals surface area (Å²) in [6, 6.07) is 9.88. The minimum absolute atomic E-state index is 0.0188. The molecule has 31 heavy (non-hydrogen) atoms. The van der Waals surface area contributed by atoms with E-state index in [0.29, 0.717) is 40.4 Å². The number of benzene rings is 1. The summed E-state index contributed by atoms with van der Waals surface area (Å²) in [4.78, 5) is 24.0. The summed E-state index contributed by atoms with van der Waals surface area (Å²) in [5, 5.41) is 0.578. The van der Waals surface area contributed by atoms with Crippen LogP contribution < -0.4 is 0 Å². The number of likely N-dealkylation sites (tertiary alicyclic amines) is 1. The Bertz CT molecular complexity index is 1260. The monoisotopic (exact) mass is 445 g/mol. The van der Waals surface area contributed by atoms with Gasteiger partial charge in [-0.1, -0.05) is 12.1 Å². The Kier molecular flexibility index (Phi) is 4.73. The molecule has 0 N–H and O–H groups in total. The predicted molar refractivity (Wildman–Crippen MR) is 111 cm³/mol. The van der Waals surface area contributed by atoms with E-state index in [1.807, 2.05) is 24.3 Å². The van der Waals surface area contributed by atoms with Gasteiger partial charge >= 0.3 is 6.18 Å². The molecule has 4 aromatic rings. The van der Waals surface area contributed by atoms with Crippen LogP contribution in [-0.2, 0) is 6.18 Å². The third-order valence-corrected chi connectivity index (χ3v) is 6.85. The maximum Gasteiger partial charge on any atom is 0.433 e. The number of pyridine rings is 1. The number of hydrogen-bond donors (Lipinski definition) is 0. The van der Waals surface area contributed by atoms with E-state index < -0.39 is 11.9 Å². The molecule has 1 saturated heterocycles. The molecule has 1 unspecified atom stereocenters. The number of aromatic nitrogens is 2. The fourth-order valence-corrected chi connectivity index (χ4v) is 5.18. The van der Waals surface area contributed by atoms with Crippen LogP contribution in [0.25, 0.3) is 21.3 Å². The van der Waals surface area contributed by atoms with Crippen molar-refractivity contribution in [3.8, 4) is 0 Å². The Morgan fingerprint density at radius 2 is 2.00 bits per heavy atom. The lowest BCUT2D eigenvalue weighted by molar-refractivity contribution is -0.140. The van der Waals surface area contributed by atoms with E-state index in [2.05, 4.69) is 9.97 Å². The maximum absolute atomic E-state index is 13.3. The maximum atomic E-state index is 13.3. The van der Waals surface area contributed by atoms with Gasteiger partial charge < -0.3 is 9.32 Å². The summed E-state index contributed by atoms with van der Waals surface area (Å²) in [6.07, 6.45) is -2.86. The molecule has 9 heteroatoms. The predicted octanol–water partition coefficient (Wildman–Crippen LogP) is 5.78. The van der Waals surface area contributed by atoms with Crippen LogP contribution in [0.2, 0.25) is 0 Å². The number of halogens is 3. The first-order valence-corrected chi connectivity index (χ1v) is 10.7. The Labute approximate surface area is 179 Å². The highest BCUT2D eigenvalue weighted by molar-refractivity contribution is 7.20. The number of para-hydroxylation sites is 2. The lowest BCUT2D eigenvalue weighted by atomic mass is 9.97. The van der Waals surface area contributed by atoms with Crippen LogP contribution in [0.5, 0.6) is 0 Å². The van der Waals surface area contributed by atoms with Gasteiger partial charge in [-0.25, -0.2) is 9.97 Å². The number of oxazole rings is 1. The van der Waals surface area contributed by atoms with E-state index in [-0.39, 0.29) is 16.7 Å². The van der Waals surface area contributed by atoms with Gasteiger partial charge in [-0.3, -0.25) is 4.79 Å². The highest BCUT2D eigenvalue weighted by Gasteiger charge is 2.34. The first kappa shape index (κ1) is 20.0. The van der Waals surface area contributed by atoms with Gasteiger partial charge in [0.25, 0.3) is 5.91 Å². The number of thiophene rings is 1. The van der Waals surface area contributed by atoms with Gasteiger partial charge in [-0.2, -0.15) is 13.2 Å². The van der Waals surface area contributed by atoms with Gasteiger partial charge in [-0.15, -0.1) is 11.3 Å². The molecule has 5 nitrogen and oxygen atoms in total. The summed E-state index contributed by atoms with van der Waals surface area (Å²) in [5.41, 5.74) is 1.21. The van der Waals surface area contributed by atoms with Crippen molar-refractivity contribution in [1.82, 2.24) is 14.9 Å². The molecule has 0 saturated carbocycles. The quantitative estimate of drug-likeness (QED) is 0.392. The van der Waals surface area contributed by atoms with Gasteiger partial charge in [0.2, 0.25) is 0 Å². The summed E-state index contributed by atoms with van der Waals surface area (Å²) in [7, 11) is 0. The summed E-state index contributed by atoms with van der Waals surface area (Å²) >= 11 is 1.02. The molecule has 0 bridgehead atoms.